The Hall–Kier alpha value is -1.66. The number of hydrogen-bond acceptors (Lipinski definition) is 6. The van der Waals surface area contributed by atoms with E-state index < -0.39 is 24.0 Å². The normalized spacial score (nSPS) is 12.3. The lowest BCUT2D eigenvalue weighted by Crippen LogP contribution is -2.48. The SMILES string of the molecule is C=C(C)C(=O)OC(CCCCCCCCCCCC)C(O)(O)OC(=O)C(=C)C. The quantitative estimate of drug-likeness (QED) is 0.172. The lowest BCUT2D eigenvalue weighted by molar-refractivity contribution is -0.358. The minimum atomic E-state index is -2.92. The molecule has 0 bridgehead atoms. The van der Waals surface area contributed by atoms with E-state index in [4.69, 9.17) is 4.74 Å². The summed E-state index contributed by atoms with van der Waals surface area (Å²) in [6, 6.07) is 0. The number of rotatable bonds is 16. The molecule has 1 atom stereocenters. The second-order valence-corrected chi connectivity index (χ2v) is 7.47. The third kappa shape index (κ3) is 11.9. The van der Waals surface area contributed by atoms with Crippen molar-refractivity contribution in [3.8, 4) is 0 Å². The first-order chi connectivity index (χ1) is 13.1. The fraction of sp³-hybridized carbons (Fsp3) is 0.727. The maximum Gasteiger partial charge on any atom is 0.363 e. The van der Waals surface area contributed by atoms with Gasteiger partial charge < -0.3 is 19.7 Å². The fourth-order valence-electron chi connectivity index (χ4n) is 2.66. The van der Waals surface area contributed by atoms with E-state index in [0.29, 0.717) is 6.42 Å². The van der Waals surface area contributed by atoms with Gasteiger partial charge in [0, 0.05) is 11.1 Å². The third-order valence-corrected chi connectivity index (χ3v) is 4.43. The molecule has 1 unspecified atom stereocenters. The predicted octanol–water partition coefficient (Wildman–Crippen LogP) is 4.54. The van der Waals surface area contributed by atoms with Gasteiger partial charge in [-0.1, -0.05) is 77.9 Å². The second kappa shape index (κ2) is 14.4. The molecule has 0 aromatic heterocycles. The van der Waals surface area contributed by atoms with Crippen molar-refractivity contribution in [3.63, 3.8) is 0 Å². The van der Waals surface area contributed by atoms with Crippen LogP contribution in [0.3, 0.4) is 0 Å². The van der Waals surface area contributed by atoms with E-state index in [-0.39, 0.29) is 17.6 Å². The van der Waals surface area contributed by atoms with Crippen molar-refractivity contribution in [2.45, 2.75) is 103 Å². The van der Waals surface area contributed by atoms with Crippen molar-refractivity contribution < 1.29 is 29.3 Å². The molecule has 0 aliphatic heterocycles. The molecule has 0 rings (SSSR count). The van der Waals surface area contributed by atoms with E-state index in [2.05, 4.69) is 24.8 Å². The van der Waals surface area contributed by atoms with E-state index in [1.807, 2.05) is 0 Å². The lowest BCUT2D eigenvalue weighted by atomic mass is 10.0. The third-order valence-electron chi connectivity index (χ3n) is 4.43. The van der Waals surface area contributed by atoms with E-state index in [9.17, 15) is 19.8 Å². The first-order valence-electron chi connectivity index (χ1n) is 10.3. The zero-order valence-corrected chi connectivity index (χ0v) is 17.8. The standard InChI is InChI=1S/C22H38O6/c1-6-7-8-9-10-11-12-13-14-15-16-19(27-20(23)17(2)3)22(25,26)28-21(24)18(4)5/h19,25-26H,2,4,6-16H2,1,3,5H3. The van der Waals surface area contributed by atoms with Gasteiger partial charge in [0.25, 0.3) is 0 Å². The predicted molar refractivity (Wildman–Crippen MR) is 109 cm³/mol. The number of aliphatic hydroxyl groups is 2. The molecular weight excluding hydrogens is 360 g/mol. The van der Waals surface area contributed by atoms with Crippen LogP contribution in [0.5, 0.6) is 0 Å². The molecule has 0 aromatic rings. The van der Waals surface area contributed by atoms with Crippen LogP contribution in [-0.4, -0.2) is 34.2 Å². The van der Waals surface area contributed by atoms with E-state index in [0.717, 1.165) is 19.3 Å². The molecule has 0 amide bonds. The Balaban J connectivity index is 4.43. The van der Waals surface area contributed by atoms with Gasteiger partial charge >= 0.3 is 17.9 Å². The van der Waals surface area contributed by atoms with Gasteiger partial charge in [0.2, 0.25) is 0 Å². The molecule has 28 heavy (non-hydrogen) atoms. The van der Waals surface area contributed by atoms with Crippen LogP contribution in [-0.2, 0) is 19.1 Å². The minimum Gasteiger partial charge on any atom is -0.449 e. The van der Waals surface area contributed by atoms with Crippen molar-refractivity contribution in [2.24, 2.45) is 0 Å². The number of hydrogen-bond donors (Lipinski definition) is 2. The van der Waals surface area contributed by atoms with Gasteiger partial charge in [-0.15, -0.1) is 0 Å². The molecule has 0 radical (unpaired) electrons. The summed E-state index contributed by atoms with van der Waals surface area (Å²) in [6.07, 6.45) is 9.92. The Bertz CT molecular complexity index is 509. The van der Waals surface area contributed by atoms with Gasteiger partial charge in [0.1, 0.15) is 0 Å². The van der Waals surface area contributed by atoms with Crippen LogP contribution >= 0.6 is 0 Å². The summed E-state index contributed by atoms with van der Waals surface area (Å²) in [5.41, 5.74) is 0.131. The van der Waals surface area contributed by atoms with E-state index >= 15 is 0 Å². The van der Waals surface area contributed by atoms with Crippen LogP contribution in [0.15, 0.2) is 24.3 Å². The Morgan fingerprint density at radius 3 is 1.68 bits per heavy atom. The number of unbranched alkanes of at least 4 members (excludes halogenated alkanes) is 9. The van der Waals surface area contributed by atoms with Crippen LogP contribution in [0.4, 0.5) is 0 Å². The molecule has 2 N–H and O–H groups in total. The maximum absolute atomic E-state index is 11.8. The summed E-state index contributed by atoms with van der Waals surface area (Å²) < 4.78 is 9.74. The van der Waals surface area contributed by atoms with Gasteiger partial charge in [-0.3, -0.25) is 0 Å². The molecule has 162 valence electrons. The Labute approximate surface area is 169 Å². The summed E-state index contributed by atoms with van der Waals surface area (Å²) in [4.78, 5) is 23.4. The molecule has 0 heterocycles. The highest BCUT2D eigenvalue weighted by molar-refractivity contribution is 5.88. The van der Waals surface area contributed by atoms with Crippen molar-refractivity contribution in [2.75, 3.05) is 0 Å². The monoisotopic (exact) mass is 398 g/mol. The summed E-state index contributed by atoms with van der Waals surface area (Å²) >= 11 is 0. The lowest BCUT2D eigenvalue weighted by Gasteiger charge is -2.30. The van der Waals surface area contributed by atoms with Crippen LogP contribution in [0.1, 0.15) is 91.4 Å². The highest BCUT2D eigenvalue weighted by atomic mass is 16.8. The Morgan fingerprint density at radius 2 is 1.25 bits per heavy atom. The first-order valence-corrected chi connectivity index (χ1v) is 10.3. The summed E-state index contributed by atoms with van der Waals surface area (Å²) in [7, 11) is 0. The fourth-order valence-corrected chi connectivity index (χ4v) is 2.66. The average molecular weight is 399 g/mol. The smallest absolute Gasteiger partial charge is 0.363 e. The summed E-state index contributed by atoms with van der Waals surface area (Å²) in [5.74, 6) is -4.65. The number of ether oxygens (including phenoxy) is 2. The molecule has 0 aromatic carbocycles. The topological polar surface area (TPSA) is 93.1 Å². The van der Waals surface area contributed by atoms with Crippen LogP contribution < -0.4 is 0 Å². The molecule has 0 saturated heterocycles. The first kappa shape index (κ1) is 26.3. The number of carbonyl (C=O) groups excluding carboxylic acids is 2. The molecule has 0 aliphatic carbocycles. The van der Waals surface area contributed by atoms with E-state index in [1.165, 1.54) is 52.4 Å². The van der Waals surface area contributed by atoms with Crippen LogP contribution in [0.2, 0.25) is 0 Å². The maximum atomic E-state index is 11.8. The van der Waals surface area contributed by atoms with Crippen molar-refractivity contribution in [1.82, 2.24) is 0 Å². The number of carbonyl (C=O) groups is 2. The molecule has 0 spiro atoms. The molecule has 6 heteroatoms. The zero-order chi connectivity index (χ0) is 21.6. The molecule has 0 fully saturated rings. The van der Waals surface area contributed by atoms with Gasteiger partial charge in [-0.05, 0) is 26.7 Å². The van der Waals surface area contributed by atoms with Crippen molar-refractivity contribution in [1.29, 1.82) is 0 Å². The summed E-state index contributed by atoms with van der Waals surface area (Å²) in [6.45, 7) is 11.9. The van der Waals surface area contributed by atoms with Crippen molar-refractivity contribution >= 4 is 11.9 Å². The Kier molecular flexibility index (Phi) is 13.5. The second-order valence-electron chi connectivity index (χ2n) is 7.47. The number of esters is 2. The largest absolute Gasteiger partial charge is 0.449 e. The van der Waals surface area contributed by atoms with Crippen molar-refractivity contribution in [3.05, 3.63) is 24.3 Å². The Morgan fingerprint density at radius 1 is 0.821 bits per heavy atom. The summed E-state index contributed by atoms with van der Waals surface area (Å²) in [5, 5.41) is 20.3. The van der Waals surface area contributed by atoms with Gasteiger partial charge in [0.15, 0.2) is 6.10 Å². The van der Waals surface area contributed by atoms with Crippen LogP contribution in [0.25, 0.3) is 0 Å². The van der Waals surface area contributed by atoms with E-state index in [1.54, 1.807) is 0 Å². The van der Waals surface area contributed by atoms with Gasteiger partial charge in [-0.2, -0.15) is 0 Å². The van der Waals surface area contributed by atoms with Gasteiger partial charge in [-0.25, -0.2) is 9.59 Å². The highest BCUT2D eigenvalue weighted by Crippen LogP contribution is 2.22. The highest BCUT2D eigenvalue weighted by Gasteiger charge is 2.42. The zero-order valence-electron chi connectivity index (χ0n) is 17.8. The molecule has 0 saturated carbocycles. The van der Waals surface area contributed by atoms with Crippen LogP contribution in [0, 0.1) is 0 Å². The molecule has 0 aliphatic rings. The molecule has 6 nitrogen and oxygen atoms in total. The van der Waals surface area contributed by atoms with Gasteiger partial charge in [0.05, 0.1) is 0 Å². The average Bonchev–Trinajstić information content (AvgIpc) is 2.61. The molecular formula is C22H38O6. The minimum absolute atomic E-state index is 0.0105.